The molecule has 3 aromatic carbocycles. The molecule has 6 heteroatoms. The van der Waals surface area contributed by atoms with Gasteiger partial charge in [0, 0.05) is 46.0 Å². The van der Waals surface area contributed by atoms with E-state index >= 15 is 0 Å². The van der Waals surface area contributed by atoms with Gasteiger partial charge in [0.05, 0.1) is 5.69 Å². The number of carbonyl (C=O) groups is 1. The van der Waals surface area contributed by atoms with Crippen molar-refractivity contribution in [2.75, 3.05) is 27.8 Å². The highest BCUT2D eigenvalue weighted by Gasteiger charge is 2.19. The van der Waals surface area contributed by atoms with Crippen molar-refractivity contribution in [2.24, 2.45) is 0 Å². The summed E-state index contributed by atoms with van der Waals surface area (Å²) in [7, 11) is 0. The number of aromatic amines is 1. The van der Waals surface area contributed by atoms with Crippen LogP contribution in [0, 0.1) is 0 Å². The normalized spacial score (nSPS) is 13.2. The molecule has 2 heterocycles. The molecule has 0 unspecified atom stereocenters. The standard InChI is InChI=1S/C23H20N4OS/c28-23(25-17-7-6-16-10-11-24-20(16)14-17)26-18-8-9-22-21(15-18)27(12-13-29-22)19-4-2-1-3-5-19/h1-11,14-15,24H,12-13H2,(H2,25,26,28). The van der Waals surface area contributed by atoms with E-state index in [1.54, 1.807) is 0 Å². The van der Waals surface area contributed by atoms with E-state index in [9.17, 15) is 4.79 Å². The molecule has 0 saturated carbocycles. The van der Waals surface area contributed by atoms with E-state index in [-0.39, 0.29) is 6.03 Å². The molecule has 0 aliphatic carbocycles. The number of carbonyl (C=O) groups excluding carboxylic acids is 1. The number of urea groups is 1. The van der Waals surface area contributed by atoms with Crippen LogP contribution in [0.3, 0.4) is 0 Å². The number of rotatable bonds is 3. The summed E-state index contributed by atoms with van der Waals surface area (Å²) in [4.78, 5) is 19.2. The molecule has 1 aliphatic rings. The van der Waals surface area contributed by atoms with Crippen molar-refractivity contribution in [1.82, 2.24) is 4.98 Å². The average Bonchev–Trinajstić information content (AvgIpc) is 3.22. The van der Waals surface area contributed by atoms with Gasteiger partial charge in [-0.1, -0.05) is 24.3 Å². The topological polar surface area (TPSA) is 60.2 Å². The maximum atomic E-state index is 12.5. The van der Waals surface area contributed by atoms with Gasteiger partial charge in [-0.15, -0.1) is 11.8 Å². The van der Waals surface area contributed by atoms with Gasteiger partial charge in [0.25, 0.3) is 0 Å². The highest BCUT2D eigenvalue weighted by molar-refractivity contribution is 7.99. The Kier molecular flexibility index (Phi) is 4.62. The second-order valence-electron chi connectivity index (χ2n) is 6.88. The van der Waals surface area contributed by atoms with Crippen LogP contribution in [0.2, 0.25) is 0 Å². The fourth-order valence-electron chi connectivity index (χ4n) is 3.59. The summed E-state index contributed by atoms with van der Waals surface area (Å²) < 4.78 is 0. The maximum absolute atomic E-state index is 12.5. The number of nitrogens with one attached hydrogen (secondary N) is 3. The smallest absolute Gasteiger partial charge is 0.323 e. The number of thioether (sulfide) groups is 1. The van der Waals surface area contributed by atoms with E-state index in [2.05, 4.69) is 38.7 Å². The third kappa shape index (κ3) is 3.67. The van der Waals surface area contributed by atoms with Crippen molar-refractivity contribution in [1.29, 1.82) is 0 Å². The first kappa shape index (κ1) is 17.7. The quantitative estimate of drug-likeness (QED) is 0.392. The Morgan fingerprint density at radius 3 is 2.59 bits per heavy atom. The highest BCUT2D eigenvalue weighted by Crippen LogP contribution is 2.40. The number of nitrogens with zero attached hydrogens (tertiary/aromatic N) is 1. The maximum Gasteiger partial charge on any atom is 0.323 e. The molecule has 0 spiro atoms. The first-order valence-electron chi connectivity index (χ1n) is 9.51. The molecule has 2 amide bonds. The lowest BCUT2D eigenvalue weighted by atomic mass is 10.2. The Hall–Kier alpha value is -3.38. The zero-order chi connectivity index (χ0) is 19.6. The Labute approximate surface area is 173 Å². The Morgan fingerprint density at radius 1 is 0.931 bits per heavy atom. The summed E-state index contributed by atoms with van der Waals surface area (Å²) in [6, 6.07) is 24.0. The summed E-state index contributed by atoms with van der Waals surface area (Å²) in [5, 5.41) is 6.98. The number of H-pyrrole nitrogens is 1. The summed E-state index contributed by atoms with van der Waals surface area (Å²) in [6.45, 7) is 0.938. The van der Waals surface area contributed by atoms with Crippen LogP contribution in [0.15, 0.2) is 83.9 Å². The summed E-state index contributed by atoms with van der Waals surface area (Å²) in [5.41, 5.74) is 4.79. The lowest BCUT2D eigenvalue weighted by Crippen LogP contribution is -2.24. The lowest BCUT2D eigenvalue weighted by molar-refractivity contribution is 0.262. The minimum Gasteiger partial charge on any atom is -0.361 e. The van der Waals surface area contributed by atoms with Crippen LogP contribution in [0.5, 0.6) is 0 Å². The van der Waals surface area contributed by atoms with Crippen molar-refractivity contribution in [3.8, 4) is 0 Å². The number of hydrogen-bond donors (Lipinski definition) is 3. The van der Waals surface area contributed by atoms with Gasteiger partial charge in [-0.05, 0) is 53.9 Å². The van der Waals surface area contributed by atoms with Crippen molar-refractivity contribution in [2.45, 2.75) is 4.90 Å². The molecule has 0 saturated heterocycles. The van der Waals surface area contributed by atoms with Gasteiger partial charge in [0.1, 0.15) is 0 Å². The van der Waals surface area contributed by atoms with Crippen LogP contribution in [0.1, 0.15) is 0 Å². The summed E-state index contributed by atoms with van der Waals surface area (Å²) in [6.07, 6.45) is 1.89. The fraction of sp³-hybridized carbons (Fsp3) is 0.0870. The van der Waals surface area contributed by atoms with Crippen molar-refractivity contribution < 1.29 is 4.79 Å². The molecule has 5 nitrogen and oxygen atoms in total. The van der Waals surface area contributed by atoms with Crippen molar-refractivity contribution in [3.63, 3.8) is 0 Å². The number of amides is 2. The third-order valence-corrected chi connectivity index (χ3v) is 6.00. The van der Waals surface area contributed by atoms with Gasteiger partial charge < -0.3 is 20.5 Å². The Balaban J connectivity index is 1.35. The summed E-state index contributed by atoms with van der Waals surface area (Å²) in [5.74, 6) is 1.04. The van der Waals surface area contributed by atoms with Crippen LogP contribution in [-0.2, 0) is 0 Å². The minimum absolute atomic E-state index is 0.259. The molecule has 29 heavy (non-hydrogen) atoms. The molecule has 1 aromatic heterocycles. The molecule has 1 aliphatic heterocycles. The van der Waals surface area contributed by atoms with Gasteiger partial charge in [0.2, 0.25) is 0 Å². The van der Waals surface area contributed by atoms with E-state index in [1.807, 2.05) is 72.6 Å². The minimum atomic E-state index is -0.259. The van der Waals surface area contributed by atoms with E-state index in [1.165, 1.54) is 4.90 Å². The van der Waals surface area contributed by atoms with Gasteiger partial charge in [0.15, 0.2) is 0 Å². The molecule has 3 N–H and O–H groups in total. The van der Waals surface area contributed by atoms with Crippen LogP contribution < -0.4 is 15.5 Å². The molecule has 5 rings (SSSR count). The first-order valence-corrected chi connectivity index (χ1v) is 10.5. The molecule has 0 fully saturated rings. The zero-order valence-electron chi connectivity index (χ0n) is 15.7. The van der Waals surface area contributed by atoms with Crippen LogP contribution >= 0.6 is 11.8 Å². The number of anilines is 4. The Bertz CT molecular complexity index is 1170. The molecule has 0 bridgehead atoms. The molecular weight excluding hydrogens is 380 g/mol. The van der Waals surface area contributed by atoms with Crippen molar-refractivity contribution in [3.05, 3.63) is 79.0 Å². The third-order valence-electron chi connectivity index (χ3n) is 4.96. The number of hydrogen-bond acceptors (Lipinski definition) is 3. The monoisotopic (exact) mass is 400 g/mol. The second-order valence-corrected chi connectivity index (χ2v) is 8.01. The molecular formula is C23H20N4OS. The molecule has 4 aromatic rings. The van der Waals surface area contributed by atoms with Crippen LogP contribution in [0.4, 0.5) is 27.5 Å². The molecule has 144 valence electrons. The Morgan fingerprint density at radius 2 is 1.72 bits per heavy atom. The number of benzene rings is 3. The first-order chi connectivity index (χ1) is 14.3. The lowest BCUT2D eigenvalue weighted by Gasteiger charge is -2.31. The van der Waals surface area contributed by atoms with E-state index in [0.717, 1.165) is 46.0 Å². The highest BCUT2D eigenvalue weighted by atomic mass is 32.2. The predicted molar refractivity (Wildman–Crippen MR) is 122 cm³/mol. The van der Waals surface area contributed by atoms with E-state index in [0.29, 0.717) is 0 Å². The van der Waals surface area contributed by atoms with E-state index in [4.69, 9.17) is 0 Å². The van der Waals surface area contributed by atoms with Crippen LogP contribution in [0.25, 0.3) is 10.9 Å². The largest absolute Gasteiger partial charge is 0.361 e. The number of aromatic nitrogens is 1. The van der Waals surface area contributed by atoms with Crippen LogP contribution in [-0.4, -0.2) is 23.3 Å². The molecule has 0 atom stereocenters. The van der Waals surface area contributed by atoms with Gasteiger partial charge in [-0.2, -0.15) is 0 Å². The van der Waals surface area contributed by atoms with E-state index < -0.39 is 0 Å². The number of para-hydroxylation sites is 1. The van der Waals surface area contributed by atoms with Gasteiger partial charge in [-0.3, -0.25) is 0 Å². The second kappa shape index (κ2) is 7.56. The SMILES string of the molecule is O=C(Nc1ccc2c(c1)N(c1ccccc1)CCS2)Nc1ccc2cc[nH]c2c1. The molecule has 0 radical (unpaired) electrons. The number of fused-ring (bicyclic) bond motifs is 2. The van der Waals surface area contributed by atoms with Gasteiger partial charge in [-0.25, -0.2) is 4.79 Å². The zero-order valence-corrected chi connectivity index (χ0v) is 16.5. The van der Waals surface area contributed by atoms with Crippen molar-refractivity contribution >= 4 is 51.4 Å². The fourth-order valence-corrected chi connectivity index (χ4v) is 4.57. The predicted octanol–water partition coefficient (Wildman–Crippen LogP) is 6.06. The summed E-state index contributed by atoms with van der Waals surface area (Å²) >= 11 is 1.85. The average molecular weight is 401 g/mol. The van der Waals surface area contributed by atoms with Gasteiger partial charge >= 0.3 is 6.03 Å².